The van der Waals surface area contributed by atoms with Crippen molar-refractivity contribution in [3.05, 3.63) is 0 Å². The molecule has 0 aromatic carbocycles. The maximum absolute atomic E-state index is 2.31. The van der Waals surface area contributed by atoms with Crippen LogP contribution in [0.4, 0.5) is 0 Å². The molecule has 2 bridgehead atoms. The van der Waals surface area contributed by atoms with Crippen LogP contribution in [0.15, 0.2) is 0 Å². The van der Waals surface area contributed by atoms with Gasteiger partial charge in [-0.25, -0.2) is 0 Å². The third kappa shape index (κ3) is 13.3. The van der Waals surface area contributed by atoms with Crippen molar-refractivity contribution in [1.29, 1.82) is 0 Å². The van der Waals surface area contributed by atoms with Crippen LogP contribution in [0.1, 0.15) is 142 Å². The summed E-state index contributed by atoms with van der Waals surface area (Å²) in [6.07, 6.45) is 29.4. The Morgan fingerprint density at radius 1 is 0.333 bits per heavy atom. The molecule has 0 saturated carbocycles. The molecule has 3 heterocycles. The van der Waals surface area contributed by atoms with E-state index in [1.165, 1.54) is 190 Å². The molecule has 33 heavy (non-hydrogen) atoms. The molecule has 0 spiro atoms. The summed E-state index contributed by atoms with van der Waals surface area (Å²) in [6, 6.07) is 0. The summed E-state index contributed by atoms with van der Waals surface area (Å²) in [5.41, 5.74) is 0. The van der Waals surface area contributed by atoms with Crippen LogP contribution < -0.4 is 17.0 Å². The van der Waals surface area contributed by atoms with Gasteiger partial charge in [0.1, 0.15) is 39.3 Å². The first-order chi connectivity index (χ1) is 15.7. The van der Waals surface area contributed by atoms with Crippen LogP contribution in [0, 0.1) is 0 Å². The van der Waals surface area contributed by atoms with E-state index in [4.69, 9.17) is 0 Å². The monoisotopic (exact) mass is 529 g/mol. The van der Waals surface area contributed by atoms with E-state index in [0.717, 1.165) is 0 Å². The van der Waals surface area contributed by atoms with E-state index in [1.54, 1.807) is 0 Å². The Morgan fingerprint density at radius 2 is 0.545 bits per heavy atom. The van der Waals surface area contributed by atoms with Gasteiger partial charge in [-0.15, -0.1) is 0 Å². The van der Waals surface area contributed by atoms with Crippen LogP contribution in [-0.2, 0) is 0 Å². The summed E-state index contributed by atoms with van der Waals surface area (Å²) in [7, 11) is 0. The first-order valence-corrected chi connectivity index (χ1v) is 15.4. The molecule has 0 aromatic heterocycles. The van der Waals surface area contributed by atoms with Gasteiger partial charge >= 0.3 is 0 Å². The highest BCUT2D eigenvalue weighted by atomic mass is 79.9. The van der Waals surface area contributed by atoms with Gasteiger partial charge in [0.25, 0.3) is 0 Å². The van der Waals surface area contributed by atoms with Crippen molar-refractivity contribution in [2.45, 2.75) is 142 Å². The highest BCUT2D eigenvalue weighted by Gasteiger charge is 2.47. The average Bonchev–Trinajstić information content (AvgIpc) is 2.83. The van der Waals surface area contributed by atoms with Gasteiger partial charge in [0.15, 0.2) is 0 Å². The third-order valence-corrected chi connectivity index (χ3v) is 9.12. The molecule has 3 aliphatic rings. The van der Waals surface area contributed by atoms with E-state index >= 15 is 0 Å². The molecule has 0 unspecified atom stereocenters. The molecule has 3 saturated heterocycles. The largest absolute Gasteiger partial charge is 1.00 e. The summed E-state index contributed by atoms with van der Waals surface area (Å²) in [5, 5.41) is 0. The summed E-state index contributed by atoms with van der Waals surface area (Å²) in [6.45, 7) is 16.6. The lowest BCUT2D eigenvalue weighted by atomic mass is 10.0. The zero-order chi connectivity index (χ0) is 22.8. The molecule has 3 fully saturated rings. The smallest absolute Gasteiger partial charge is 0.129 e. The van der Waals surface area contributed by atoms with Crippen molar-refractivity contribution >= 4 is 0 Å². The Labute approximate surface area is 220 Å². The zero-order valence-corrected chi connectivity index (χ0v) is 24.7. The Bertz CT molecular complexity index is 374. The van der Waals surface area contributed by atoms with E-state index in [1.807, 2.05) is 0 Å². The van der Waals surface area contributed by atoms with Gasteiger partial charge in [0.05, 0.1) is 13.1 Å². The standard InChI is InChI=1S/C30H62N2.BrH/c1-3-5-7-9-11-13-15-17-19-21-23-31-25-28-32(29-26-31,30-27-31)24-22-20-18-16-14-12-10-8-6-4-2;/h3-30H2,1-2H3;1H/q+2;/p-1. The predicted molar refractivity (Wildman–Crippen MR) is 143 cm³/mol. The number of nitrogens with zero attached hydrogens (tertiary/aromatic N) is 2. The predicted octanol–water partition coefficient (Wildman–Crippen LogP) is 5.49. The highest BCUT2D eigenvalue weighted by molar-refractivity contribution is 4.63. The van der Waals surface area contributed by atoms with Crippen molar-refractivity contribution in [1.82, 2.24) is 0 Å². The molecule has 3 aliphatic heterocycles. The molecular weight excluding hydrogens is 468 g/mol. The molecule has 2 nitrogen and oxygen atoms in total. The van der Waals surface area contributed by atoms with Gasteiger partial charge in [-0.2, -0.15) is 0 Å². The Kier molecular flexibility index (Phi) is 18.6. The normalized spacial score (nSPS) is 24.2. The fourth-order valence-corrected chi connectivity index (χ4v) is 6.48. The van der Waals surface area contributed by atoms with E-state index in [0.29, 0.717) is 0 Å². The summed E-state index contributed by atoms with van der Waals surface area (Å²) in [4.78, 5) is 0. The van der Waals surface area contributed by atoms with Crippen LogP contribution in [0.3, 0.4) is 0 Å². The maximum Gasteiger partial charge on any atom is 0.129 e. The van der Waals surface area contributed by atoms with Gasteiger partial charge in [-0.1, -0.05) is 117 Å². The van der Waals surface area contributed by atoms with Gasteiger partial charge in [-0.05, 0) is 25.7 Å². The fraction of sp³-hybridized carbons (Fsp3) is 1.00. The maximum atomic E-state index is 2.31. The minimum absolute atomic E-state index is 0. The molecule has 0 N–H and O–H groups in total. The van der Waals surface area contributed by atoms with Gasteiger partial charge in [-0.3, -0.25) is 0 Å². The first-order valence-electron chi connectivity index (χ1n) is 15.4. The number of fused-ring (bicyclic) bond motifs is 3. The average molecular weight is 531 g/mol. The number of quaternary nitrogens is 2. The van der Waals surface area contributed by atoms with Crippen molar-refractivity contribution in [3.63, 3.8) is 0 Å². The topological polar surface area (TPSA) is 0 Å². The molecule has 0 radical (unpaired) electrons. The molecule has 0 aromatic rings. The number of unbranched alkanes of at least 4 members (excludes halogenated alkanes) is 18. The lowest BCUT2D eigenvalue weighted by Crippen LogP contribution is -3.00. The van der Waals surface area contributed by atoms with Crippen LogP contribution in [0.2, 0.25) is 0 Å². The first kappa shape index (κ1) is 31.4. The summed E-state index contributed by atoms with van der Waals surface area (Å²) < 4.78 is 2.99. The Balaban J connectivity index is 0.00000544. The second-order valence-electron chi connectivity index (χ2n) is 11.8. The minimum atomic E-state index is 0. The molecule has 0 amide bonds. The molecule has 3 heteroatoms. The van der Waals surface area contributed by atoms with E-state index in [-0.39, 0.29) is 17.0 Å². The summed E-state index contributed by atoms with van der Waals surface area (Å²) in [5.74, 6) is 0. The van der Waals surface area contributed by atoms with Crippen molar-refractivity contribution in [2.24, 2.45) is 0 Å². The Morgan fingerprint density at radius 3 is 0.788 bits per heavy atom. The molecular formula is C30H62BrN2+. The van der Waals surface area contributed by atoms with Crippen molar-refractivity contribution in [3.8, 4) is 0 Å². The second-order valence-corrected chi connectivity index (χ2v) is 11.8. The summed E-state index contributed by atoms with van der Waals surface area (Å²) >= 11 is 0. The number of hydrogen-bond donors (Lipinski definition) is 0. The van der Waals surface area contributed by atoms with Crippen LogP contribution in [0.25, 0.3) is 0 Å². The van der Waals surface area contributed by atoms with Crippen LogP contribution in [-0.4, -0.2) is 61.3 Å². The molecule has 0 aliphatic carbocycles. The quantitative estimate of drug-likeness (QED) is 0.128. The number of rotatable bonds is 22. The van der Waals surface area contributed by atoms with E-state index < -0.39 is 0 Å². The van der Waals surface area contributed by atoms with Crippen molar-refractivity contribution < 1.29 is 25.9 Å². The van der Waals surface area contributed by atoms with Gasteiger partial charge in [0, 0.05) is 0 Å². The van der Waals surface area contributed by atoms with Gasteiger partial charge < -0.3 is 25.9 Å². The minimum Gasteiger partial charge on any atom is -1.00 e. The lowest BCUT2D eigenvalue weighted by molar-refractivity contribution is -1.08. The van der Waals surface area contributed by atoms with Gasteiger partial charge in [0.2, 0.25) is 0 Å². The molecule has 0 atom stereocenters. The third-order valence-electron chi connectivity index (χ3n) is 9.12. The molecule has 198 valence electrons. The Hall–Kier alpha value is 0.400. The molecule has 3 rings (SSSR count). The van der Waals surface area contributed by atoms with E-state index in [2.05, 4.69) is 13.8 Å². The SMILES string of the molecule is CCCCCCCCCCCC[N+]12CC[N+](CCCCCCCCCCCC)(CC1)CC2.[Br-]. The lowest BCUT2D eigenvalue weighted by Gasteiger charge is -2.55. The van der Waals surface area contributed by atoms with Crippen LogP contribution >= 0.6 is 0 Å². The number of hydrogen-bond acceptors (Lipinski definition) is 0. The zero-order valence-electron chi connectivity index (χ0n) is 23.1. The number of piperazine rings is 3. The fourth-order valence-electron chi connectivity index (χ4n) is 6.48. The van der Waals surface area contributed by atoms with Crippen molar-refractivity contribution in [2.75, 3.05) is 52.4 Å². The number of halogens is 1. The highest BCUT2D eigenvalue weighted by Crippen LogP contribution is 2.28. The second kappa shape index (κ2) is 19.6. The van der Waals surface area contributed by atoms with Crippen LogP contribution in [0.5, 0.6) is 0 Å². The van der Waals surface area contributed by atoms with E-state index in [9.17, 15) is 0 Å².